The molecule has 3 aromatic carbocycles. The second-order valence-corrected chi connectivity index (χ2v) is 16.3. The number of ether oxygens (including phenoxy) is 1. The number of hydrogen-bond donors (Lipinski definition) is 2. The van der Waals surface area contributed by atoms with Crippen molar-refractivity contribution in [2.45, 2.75) is 69.2 Å². The Bertz CT molecular complexity index is 1210. The molecule has 0 amide bonds. The van der Waals surface area contributed by atoms with Gasteiger partial charge in [-0.05, 0) is 53.2 Å². The van der Waals surface area contributed by atoms with E-state index in [1.807, 2.05) is 12.1 Å². The number of aliphatic hydroxyl groups is 1. The van der Waals surface area contributed by atoms with E-state index in [-0.39, 0.29) is 17.0 Å². The zero-order valence-electron chi connectivity index (χ0n) is 23.0. The van der Waals surface area contributed by atoms with Gasteiger partial charge in [-0.3, -0.25) is 0 Å². The average molecular weight is 552 g/mol. The predicted octanol–water partition coefficient (Wildman–Crippen LogP) is 5.64. The maximum atomic E-state index is 13.9. The molecule has 0 aromatic heterocycles. The topological polar surface area (TPSA) is 50.7 Å². The number of benzene rings is 3. The second-order valence-electron chi connectivity index (χ2n) is 12.0. The molecule has 1 aliphatic carbocycles. The summed E-state index contributed by atoms with van der Waals surface area (Å²) in [4.78, 5) is 0. The average Bonchev–Trinajstić information content (AvgIpc) is 2.92. The van der Waals surface area contributed by atoms with Gasteiger partial charge in [0.2, 0.25) is 0 Å². The Labute approximate surface area is 231 Å². The highest BCUT2D eigenvalue weighted by molar-refractivity contribution is 6.99. The fourth-order valence-corrected chi connectivity index (χ4v) is 11.3. The number of anilines is 1. The summed E-state index contributed by atoms with van der Waals surface area (Å²) in [5.41, 5.74) is -0.681. The van der Waals surface area contributed by atoms with Gasteiger partial charge in [0.1, 0.15) is 5.60 Å². The molecule has 0 radical (unpaired) electrons. The summed E-state index contributed by atoms with van der Waals surface area (Å²) >= 11 is 0. The summed E-state index contributed by atoms with van der Waals surface area (Å²) in [6, 6.07) is 24.5. The first-order chi connectivity index (χ1) is 18.6. The van der Waals surface area contributed by atoms with Gasteiger partial charge in [-0.25, -0.2) is 8.78 Å². The molecule has 2 aliphatic rings. The van der Waals surface area contributed by atoms with Gasteiger partial charge in [0.05, 0.1) is 12.1 Å². The van der Waals surface area contributed by atoms with Crippen LogP contribution in [0.3, 0.4) is 0 Å². The Morgan fingerprint density at radius 3 is 2.18 bits per heavy atom. The first-order valence-electron chi connectivity index (χ1n) is 14.0. The number of fused-ring (bicyclic) bond motifs is 1. The Kier molecular flexibility index (Phi) is 7.97. The van der Waals surface area contributed by atoms with E-state index in [4.69, 9.17) is 9.16 Å². The fraction of sp³-hybridized carbons (Fsp3) is 0.438. The van der Waals surface area contributed by atoms with Crippen LogP contribution in [0.4, 0.5) is 14.5 Å². The van der Waals surface area contributed by atoms with Crippen LogP contribution in [0.2, 0.25) is 5.04 Å². The van der Waals surface area contributed by atoms with E-state index in [1.54, 1.807) is 0 Å². The molecule has 1 heterocycles. The van der Waals surface area contributed by atoms with E-state index in [9.17, 15) is 13.9 Å². The van der Waals surface area contributed by atoms with Gasteiger partial charge in [0, 0.05) is 30.9 Å². The van der Waals surface area contributed by atoms with Crippen molar-refractivity contribution in [2.75, 3.05) is 18.5 Å². The Morgan fingerprint density at radius 1 is 0.949 bits per heavy atom. The lowest BCUT2D eigenvalue weighted by Crippen LogP contribution is -2.68. The van der Waals surface area contributed by atoms with Crippen molar-refractivity contribution in [3.05, 3.63) is 90.5 Å². The SMILES string of the molecule is CC(C)(C)[Si](OCC1CC[C@H](Nc2ccc(F)c(F)c2)[C@]2(O)CCCOC12)(c1ccccc1)c1ccccc1. The first kappa shape index (κ1) is 28.0. The molecule has 1 saturated carbocycles. The highest BCUT2D eigenvalue weighted by atomic mass is 28.4. The molecule has 1 aliphatic heterocycles. The fourth-order valence-electron chi connectivity index (χ4n) is 6.70. The lowest BCUT2D eigenvalue weighted by atomic mass is 9.69. The number of rotatable bonds is 7. The van der Waals surface area contributed by atoms with Crippen molar-refractivity contribution in [1.82, 2.24) is 0 Å². The minimum atomic E-state index is -2.73. The van der Waals surface area contributed by atoms with Crippen molar-refractivity contribution in [1.29, 1.82) is 0 Å². The molecule has 208 valence electrons. The maximum absolute atomic E-state index is 13.9. The quantitative estimate of drug-likeness (QED) is 0.373. The van der Waals surface area contributed by atoms with Gasteiger partial charge in [-0.2, -0.15) is 0 Å². The van der Waals surface area contributed by atoms with Crippen molar-refractivity contribution < 1.29 is 23.1 Å². The van der Waals surface area contributed by atoms with Gasteiger partial charge in [-0.1, -0.05) is 81.4 Å². The van der Waals surface area contributed by atoms with Crippen LogP contribution in [-0.4, -0.2) is 44.4 Å². The second kappa shape index (κ2) is 11.1. The summed E-state index contributed by atoms with van der Waals surface area (Å²) in [5, 5.41) is 17.6. The van der Waals surface area contributed by atoms with Crippen molar-refractivity contribution >= 4 is 24.4 Å². The van der Waals surface area contributed by atoms with Gasteiger partial charge in [-0.15, -0.1) is 0 Å². The van der Waals surface area contributed by atoms with Gasteiger partial charge in [0.25, 0.3) is 8.32 Å². The van der Waals surface area contributed by atoms with Gasteiger partial charge >= 0.3 is 0 Å². The van der Waals surface area contributed by atoms with Crippen molar-refractivity contribution in [3.63, 3.8) is 0 Å². The van der Waals surface area contributed by atoms with Crippen LogP contribution in [0.25, 0.3) is 0 Å². The normalized spacial score (nSPS) is 25.6. The molecule has 3 aromatic rings. The Balaban J connectivity index is 1.43. The zero-order chi connectivity index (χ0) is 27.7. The van der Waals surface area contributed by atoms with E-state index in [0.29, 0.717) is 31.7 Å². The van der Waals surface area contributed by atoms with Crippen LogP contribution in [0.5, 0.6) is 0 Å². The standard InChI is InChI=1S/C32H39F2NO3Si/c1-31(2,3)39(25-11-6-4-7-12-25,26-13-8-5-9-14-26)38-22-23-15-18-29(32(36)19-10-20-37-30(23)32)35-24-16-17-27(33)28(34)21-24/h4-9,11-14,16-17,21,23,29-30,35-36H,10,15,18-20,22H2,1-3H3/t23?,29-,30?,32+/m0/s1. The minimum Gasteiger partial charge on any atom is -0.407 e. The summed E-state index contributed by atoms with van der Waals surface area (Å²) in [5.74, 6) is -1.79. The third kappa shape index (κ3) is 5.30. The number of nitrogens with one attached hydrogen (secondary N) is 1. The first-order valence-corrected chi connectivity index (χ1v) is 15.9. The van der Waals surface area contributed by atoms with E-state index < -0.39 is 31.7 Å². The molecule has 4 atom stereocenters. The summed E-state index contributed by atoms with van der Waals surface area (Å²) in [6.45, 7) is 7.83. The summed E-state index contributed by atoms with van der Waals surface area (Å²) < 4.78 is 40.9. The molecule has 2 unspecified atom stereocenters. The molecular formula is C32H39F2NO3Si. The molecule has 39 heavy (non-hydrogen) atoms. The highest BCUT2D eigenvalue weighted by Gasteiger charge is 2.55. The summed E-state index contributed by atoms with van der Waals surface area (Å²) in [6.07, 6.45) is 2.36. The maximum Gasteiger partial charge on any atom is 0.261 e. The molecule has 5 rings (SSSR count). The van der Waals surface area contributed by atoms with E-state index in [1.165, 1.54) is 16.4 Å². The van der Waals surface area contributed by atoms with Crippen molar-refractivity contribution in [2.24, 2.45) is 5.92 Å². The predicted molar refractivity (Wildman–Crippen MR) is 154 cm³/mol. The Morgan fingerprint density at radius 2 is 1.59 bits per heavy atom. The smallest absolute Gasteiger partial charge is 0.261 e. The van der Waals surface area contributed by atoms with E-state index in [2.05, 4.69) is 74.6 Å². The van der Waals surface area contributed by atoms with Gasteiger partial charge < -0.3 is 19.6 Å². The molecule has 1 saturated heterocycles. The Hall–Kier alpha value is -2.58. The van der Waals surface area contributed by atoms with Crippen LogP contribution < -0.4 is 15.7 Å². The molecular weight excluding hydrogens is 512 g/mol. The minimum absolute atomic E-state index is 0.0000431. The molecule has 7 heteroatoms. The molecule has 0 spiro atoms. The molecule has 2 fully saturated rings. The van der Waals surface area contributed by atoms with Crippen LogP contribution in [-0.2, 0) is 9.16 Å². The lowest BCUT2D eigenvalue weighted by Gasteiger charge is -2.53. The van der Waals surface area contributed by atoms with E-state index >= 15 is 0 Å². The molecule has 0 bridgehead atoms. The molecule has 4 nitrogen and oxygen atoms in total. The zero-order valence-corrected chi connectivity index (χ0v) is 24.0. The van der Waals surface area contributed by atoms with E-state index in [0.717, 1.165) is 25.0 Å². The number of halogens is 2. The van der Waals surface area contributed by atoms with Crippen LogP contribution in [0, 0.1) is 17.6 Å². The summed E-state index contributed by atoms with van der Waals surface area (Å²) in [7, 11) is -2.73. The third-order valence-electron chi connectivity index (χ3n) is 8.56. The highest BCUT2D eigenvalue weighted by Crippen LogP contribution is 2.44. The lowest BCUT2D eigenvalue weighted by molar-refractivity contribution is -0.194. The largest absolute Gasteiger partial charge is 0.407 e. The number of hydrogen-bond acceptors (Lipinski definition) is 4. The van der Waals surface area contributed by atoms with Crippen molar-refractivity contribution in [3.8, 4) is 0 Å². The third-order valence-corrected chi connectivity index (χ3v) is 13.6. The monoisotopic (exact) mass is 551 g/mol. The van der Waals surface area contributed by atoms with Crippen LogP contribution >= 0.6 is 0 Å². The van der Waals surface area contributed by atoms with Crippen LogP contribution in [0.15, 0.2) is 78.9 Å². The van der Waals surface area contributed by atoms with Gasteiger partial charge in [0.15, 0.2) is 11.6 Å². The van der Waals surface area contributed by atoms with Crippen LogP contribution in [0.1, 0.15) is 46.5 Å². The molecule has 2 N–H and O–H groups in total.